The lowest BCUT2D eigenvalue weighted by Crippen LogP contribution is -2.67. The summed E-state index contributed by atoms with van der Waals surface area (Å²) in [6.45, 7) is 2.56. The average Bonchev–Trinajstić information content (AvgIpc) is 2.38. The van der Waals surface area contributed by atoms with Crippen molar-refractivity contribution in [2.45, 2.75) is 25.0 Å². The van der Waals surface area contributed by atoms with E-state index in [9.17, 15) is 0 Å². The van der Waals surface area contributed by atoms with Crippen LogP contribution in [0.3, 0.4) is 0 Å². The summed E-state index contributed by atoms with van der Waals surface area (Å²) in [5.41, 5.74) is 12.6. The van der Waals surface area contributed by atoms with Gasteiger partial charge in [0, 0.05) is 12.6 Å². The highest BCUT2D eigenvalue weighted by Crippen LogP contribution is 2.23. The quantitative estimate of drug-likeness (QED) is 0.701. The van der Waals surface area contributed by atoms with Crippen molar-refractivity contribution in [3.63, 3.8) is 0 Å². The molecule has 6 heteroatoms. The molecule has 0 spiro atoms. The zero-order valence-corrected chi connectivity index (χ0v) is 11.6. The molecule has 0 saturated heterocycles. The normalized spacial score (nSPS) is 26.1. The first kappa shape index (κ1) is 13.9. The highest BCUT2D eigenvalue weighted by Gasteiger charge is 2.35. The minimum atomic E-state index is -0.782. The minimum Gasteiger partial charge on any atom is -0.494 e. The topological polar surface area (TPSA) is 85.7 Å². The van der Waals surface area contributed by atoms with Gasteiger partial charge >= 0.3 is 0 Å². The Kier molecular flexibility index (Phi) is 4.14. The molecule has 0 aliphatic carbocycles. The summed E-state index contributed by atoms with van der Waals surface area (Å²) in [6.07, 6.45) is 1.69. The van der Waals surface area contributed by atoms with Crippen LogP contribution in [0.1, 0.15) is 12.5 Å². The molecule has 0 amide bonds. The third-order valence-electron chi connectivity index (χ3n) is 3.05. The van der Waals surface area contributed by atoms with Gasteiger partial charge in [-0.3, -0.25) is 0 Å². The maximum Gasteiger partial charge on any atom is 0.193 e. The van der Waals surface area contributed by atoms with E-state index in [4.69, 9.17) is 28.4 Å². The number of nitrogens with one attached hydrogen (secondary N) is 1. The summed E-state index contributed by atoms with van der Waals surface area (Å²) < 4.78 is 5.59. The second-order valence-corrected chi connectivity index (χ2v) is 4.90. The Morgan fingerprint density at radius 1 is 1.47 bits per heavy atom. The van der Waals surface area contributed by atoms with E-state index in [1.165, 1.54) is 0 Å². The molecule has 5 N–H and O–H groups in total. The van der Waals surface area contributed by atoms with E-state index in [1.54, 1.807) is 6.21 Å². The third kappa shape index (κ3) is 3.09. The summed E-state index contributed by atoms with van der Waals surface area (Å²) in [4.78, 5) is 4.05. The first-order chi connectivity index (χ1) is 9.05. The lowest BCUT2D eigenvalue weighted by atomic mass is 9.89. The Balaban J connectivity index is 2.25. The van der Waals surface area contributed by atoms with Crippen molar-refractivity contribution in [1.29, 1.82) is 0 Å². The van der Waals surface area contributed by atoms with Gasteiger partial charge in [-0.05, 0) is 30.8 Å². The van der Waals surface area contributed by atoms with Crippen LogP contribution in [0.4, 0.5) is 0 Å². The zero-order chi connectivity index (χ0) is 13.9. The van der Waals surface area contributed by atoms with Gasteiger partial charge < -0.3 is 21.5 Å². The molecule has 0 bridgehead atoms. The third-order valence-corrected chi connectivity index (χ3v) is 3.27. The molecular formula is C13H18N4OS. The van der Waals surface area contributed by atoms with Crippen LogP contribution < -0.4 is 21.5 Å². The van der Waals surface area contributed by atoms with Crippen molar-refractivity contribution in [1.82, 2.24) is 5.32 Å². The number of nitrogens with zero attached hydrogens (tertiary/aromatic N) is 1. The number of nitrogens with two attached hydrogens (primary N) is 2. The lowest BCUT2D eigenvalue weighted by Gasteiger charge is -2.35. The van der Waals surface area contributed by atoms with E-state index in [0.717, 1.165) is 11.3 Å². The summed E-state index contributed by atoms with van der Waals surface area (Å²) >= 11 is 4.95. The minimum absolute atomic E-state index is 0.367. The Morgan fingerprint density at radius 2 is 2.21 bits per heavy atom. The number of hydrogen-bond donors (Lipinski definition) is 3. The van der Waals surface area contributed by atoms with Crippen LogP contribution in [0.5, 0.6) is 5.75 Å². The van der Waals surface area contributed by atoms with E-state index in [-0.39, 0.29) is 0 Å². The highest BCUT2D eigenvalue weighted by atomic mass is 32.1. The molecule has 0 radical (unpaired) electrons. The fraction of sp³-hybridized carbons (Fsp3) is 0.385. The van der Waals surface area contributed by atoms with Gasteiger partial charge in [0.15, 0.2) is 5.11 Å². The predicted molar refractivity (Wildman–Crippen MR) is 80.4 cm³/mol. The van der Waals surface area contributed by atoms with Crippen molar-refractivity contribution >= 4 is 23.5 Å². The molecule has 2 atom stereocenters. The molecule has 1 aliphatic rings. The standard InChI is InChI=1S/C13H18N4OS/c1-2-18-10-6-4-3-5-9(10)7-13(15)8-16-12(19)17-11(13)14/h3-6,8,11H,2,7,14-15H2,1H3,(H,17,19). The van der Waals surface area contributed by atoms with Gasteiger partial charge in [-0.25, -0.2) is 4.99 Å². The van der Waals surface area contributed by atoms with Crippen LogP contribution in [0.15, 0.2) is 29.3 Å². The van der Waals surface area contributed by atoms with Crippen molar-refractivity contribution < 1.29 is 4.74 Å². The van der Waals surface area contributed by atoms with Crippen LogP contribution in [-0.4, -0.2) is 29.6 Å². The molecule has 0 saturated carbocycles. The van der Waals surface area contributed by atoms with Gasteiger partial charge in [-0.15, -0.1) is 0 Å². The molecule has 2 unspecified atom stereocenters. The number of ether oxygens (including phenoxy) is 1. The molecule has 1 aromatic carbocycles. The van der Waals surface area contributed by atoms with Crippen LogP contribution in [0.2, 0.25) is 0 Å². The lowest BCUT2D eigenvalue weighted by molar-refractivity contribution is 0.331. The van der Waals surface area contributed by atoms with E-state index >= 15 is 0 Å². The van der Waals surface area contributed by atoms with Crippen molar-refractivity contribution in [3.05, 3.63) is 29.8 Å². The van der Waals surface area contributed by atoms with Crippen molar-refractivity contribution in [3.8, 4) is 5.75 Å². The molecule has 5 nitrogen and oxygen atoms in total. The number of aliphatic imine (C=N–C) groups is 1. The predicted octanol–water partition coefficient (Wildman–Crippen LogP) is 0.569. The van der Waals surface area contributed by atoms with Gasteiger partial charge in [0.1, 0.15) is 11.9 Å². The van der Waals surface area contributed by atoms with Crippen LogP contribution in [0.25, 0.3) is 0 Å². The van der Waals surface area contributed by atoms with E-state index in [0.29, 0.717) is 18.1 Å². The number of rotatable bonds is 4. The summed E-state index contributed by atoms with van der Waals surface area (Å²) in [7, 11) is 0. The number of hydrogen-bond acceptors (Lipinski definition) is 4. The molecule has 102 valence electrons. The van der Waals surface area contributed by atoms with Gasteiger partial charge in [-0.1, -0.05) is 18.2 Å². The molecule has 1 aliphatic heterocycles. The fourth-order valence-corrected chi connectivity index (χ4v) is 2.18. The maximum absolute atomic E-state index is 6.31. The van der Waals surface area contributed by atoms with Crippen LogP contribution in [0, 0.1) is 0 Å². The second-order valence-electron chi connectivity index (χ2n) is 4.52. The average molecular weight is 278 g/mol. The number of thiocarbonyl (C=S) groups is 1. The van der Waals surface area contributed by atoms with E-state index in [1.807, 2.05) is 31.2 Å². The summed E-state index contributed by atoms with van der Waals surface area (Å²) in [6, 6.07) is 7.78. The number of benzene rings is 1. The number of para-hydroxylation sites is 1. The SMILES string of the molecule is CCOc1ccccc1CC1(N)C=NC(=S)NC1N. The second kappa shape index (κ2) is 5.64. The van der Waals surface area contributed by atoms with Crippen LogP contribution >= 0.6 is 12.2 Å². The van der Waals surface area contributed by atoms with Crippen molar-refractivity contribution in [2.24, 2.45) is 16.5 Å². The molecule has 0 fully saturated rings. The van der Waals surface area contributed by atoms with E-state index in [2.05, 4.69) is 10.3 Å². The van der Waals surface area contributed by atoms with E-state index < -0.39 is 11.7 Å². The molecule has 1 heterocycles. The maximum atomic E-state index is 6.31. The summed E-state index contributed by atoms with van der Waals surface area (Å²) in [5, 5.41) is 3.25. The molecule has 2 rings (SSSR count). The summed E-state index contributed by atoms with van der Waals surface area (Å²) in [5.74, 6) is 0.823. The molecule has 1 aromatic rings. The van der Waals surface area contributed by atoms with Crippen LogP contribution in [-0.2, 0) is 6.42 Å². The van der Waals surface area contributed by atoms with Crippen molar-refractivity contribution in [2.75, 3.05) is 6.61 Å². The Hall–Kier alpha value is -1.50. The Morgan fingerprint density at radius 3 is 2.89 bits per heavy atom. The molecule has 0 aromatic heterocycles. The highest BCUT2D eigenvalue weighted by molar-refractivity contribution is 7.80. The first-order valence-electron chi connectivity index (χ1n) is 6.16. The zero-order valence-electron chi connectivity index (χ0n) is 10.8. The largest absolute Gasteiger partial charge is 0.494 e. The molecular weight excluding hydrogens is 260 g/mol. The fourth-order valence-electron chi connectivity index (χ4n) is 2.00. The first-order valence-corrected chi connectivity index (χ1v) is 6.57. The molecule has 19 heavy (non-hydrogen) atoms. The Bertz CT molecular complexity index is 505. The Labute approximate surface area is 118 Å². The van der Waals surface area contributed by atoms with Gasteiger partial charge in [-0.2, -0.15) is 0 Å². The monoisotopic (exact) mass is 278 g/mol. The van der Waals surface area contributed by atoms with Gasteiger partial charge in [0.25, 0.3) is 0 Å². The van der Waals surface area contributed by atoms with Gasteiger partial charge in [0.2, 0.25) is 0 Å². The smallest absolute Gasteiger partial charge is 0.193 e. The van der Waals surface area contributed by atoms with Gasteiger partial charge in [0.05, 0.1) is 12.1 Å².